The molecule has 0 aliphatic carbocycles. The Balaban J connectivity index is 1.82. The Bertz CT molecular complexity index is 1260. The van der Waals surface area contributed by atoms with Crippen molar-refractivity contribution in [1.29, 1.82) is 5.26 Å². The van der Waals surface area contributed by atoms with Crippen LogP contribution in [0.2, 0.25) is 0 Å². The van der Waals surface area contributed by atoms with Crippen LogP contribution in [-0.2, 0) is 11.8 Å². The molecule has 0 amide bonds. The minimum absolute atomic E-state index is 0.0998. The second-order valence-electron chi connectivity index (χ2n) is 7.76. The number of hydrogen-bond donors (Lipinski definition) is 1. The Hall–Kier alpha value is -3.34. The topological polar surface area (TPSA) is 90.6 Å². The van der Waals surface area contributed by atoms with Gasteiger partial charge in [0.1, 0.15) is 6.07 Å². The molecule has 1 aliphatic rings. The molecular weight excluding hydrogens is 401 g/mol. The Morgan fingerprint density at radius 3 is 2.59 bits per heavy atom. The van der Waals surface area contributed by atoms with Crippen LogP contribution in [0.25, 0.3) is 0 Å². The number of halogens is 1. The molecule has 7 nitrogen and oxygen atoms in total. The molecular formula is C20H14B4FN7. The third-order valence-corrected chi connectivity index (χ3v) is 5.51. The Morgan fingerprint density at radius 1 is 1.16 bits per heavy atom. The van der Waals surface area contributed by atoms with Crippen LogP contribution < -0.4 is 10.2 Å². The van der Waals surface area contributed by atoms with E-state index in [0.717, 1.165) is 6.20 Å². The smallest absolute Gasteiger partial charge is 0.166 e. The van der Waals surface area contributed by atoms with E-state index in [1.807, 2.05) is 6.07 Å². The lowest BCUT2D eigenvalue weighted by molar-refractivity contribution is 0.557. The predicted octanol–water partition coefficient (Wildman–Crippen LogP) is 1.14. The van der Waals surface area contributed by atoms with Gasteiger partial charge in [0.05, 0.1) is 55.2 Å². The largest absolute Gasteiger partial charge is 0.374 e. The number of rotatable bonds is 3. The van der Waals surface area contributed by atoms with Crippen molar-refractivity contribution < 1.29 is 4.39 Å². The van der Waals surface area contributed by atoms with Crippen LogP contribution in [0, 0.1) is 31.0 Å². The molecule has 0 saturated carbocycles. The first-order chi connectivity index (χ1) is 15.1. The zero-order valence-electron chi connectivity index (χ0n) is 17.5. The highest BCUT2D eigenvalue weighted by Crippen LogP contribution is 2.41. The fraction of sp³-hybridized carbons (Fsp3) is 0.250. The van der Waals surface area contributed by atoms with E-state index in [-0.39, 0.29) is 23.6 Å². The monoisotopic (exact) mass is 415 g/mol. The number of nitrogens with zero attached hydrogens (tertiary/aromatic N) is 6. The molecule has 12 heteroatoms. The zero-order valence-corrected chi connectivity index (χ0v) is 17.5. The summed E-state index contributed by atoms with van der Waals surface area (Å²) in [5.74, 6) is -0.277. The van der Waals surface area contributed by atoms with Gasteiger partial charge in [-0.25, -0.2) is 4.39 Å². The fourth-order valence-electron chi connectivity index (χ4n) is 3.78. The summed E-state index contributed by atoms with van der Waals surface area (Å²) in [7, 11) is 26.0. The average molecular weight is 415 g/mol. The summed E-state index contributed by atoms with van der Waals surface area (Å²) in [6.45, 7) is 3.49. The van der Waals surface area contributed by atoms with E-state index >= 15 is 0 Å². The van der Waals surface area contributed by atoms with E-state index in [0.29, 0.717) is 28.1 Å². The highest BCUT2D eigenvalue weighted by molar-refractivity contribution is 6.48. The summed E-state index contributed by atoms with van der Waals surface area (Å²) in [6, 6.07) is 5.13. The molecule has 8 radical (unpaired) electrons. The van der Waals surface area contributed by atoms with E-state index in [1.54, 1.807) is 19.9 Å². The van der Waals surface area contributed by atoms with Crippen molar-refractivity contribution in [3.63, 3.8) is 0 Å². The van der Waals surface area contributed by atoms with Gasteiger partial charge in [-0.1, -0.05) is 0 Å². The molecule has 0 fully saturated rings. The van der Waals surface area contributed by atoms with Crippen molar-refractivity contribution in [2.45, 2.75) is 30.9 Å². The summed E-state index contributed by atoms with van der Waals surface area (Å²) in [5.41, 5.74) is 2.98. The molecule has 0 spiro atoms. The van der Waals surface area contributed by atoms with Crippen molar-refractivity contribution in [3.05, 3.63) is 64.6 Å². The highest BCUT2D eigenvalue weighted by Gasteiger charge is 2.45. The number of nitriles is 1. The molecule has 32 heavy (non-hydrogen) atoms. The van der Waals surface area contributed by atoms with Gasteiger partial charge in [-0.15, -0.1) is 10.2 Å². The van der Waals surface area contributed by atoms with Crippen LogP contribution in [0.15, 0.2) is 30.7 Å². The van der Waals surface area contributed by atoms with Crippen LogP contribution in [-0.4, -0.2) is 56.9 Å². The molecule has 4 rings (SSSR count). The molecule has 0 bridgehead atoms. The maximum atomic E-state index is 14.0. The van der Waals surface area contributed by atoms with Gasteiger partial charge in [-0.3, -0.25) is 9.97 Å². The van der Waals surface area contributed by atoms with E-state index < -0.39 is 16.5 Å². The van der Waals surface area contributed by atoms with Crippen molar-refractivity contribution in [3.8, 4) is 6.07 Å². The van der Waals surface area contributed by atoms with Gasteiger partial charge < -0.3 is 10.2 Å². The van der Waals surface area contributed by atoms with Crippen molar-refractivity contribution in [2.24, 2.45) is 0 Å². The molecule has 0 saturated heterocycles. The lowest BCUT2D eigenvalue weighted by atomic mass is 9.46. The van der Waals surface area contributed by atoms with Crippen LogP contribution in [0.4, 0.5) is 21.6 Å². The number of fused-ring (bicyclic) bond motifs is 1. The summed E-state index contributed by atoms with van der Waals surface area (Å²) in [6.07, 6.45) is 4.17. The molecule has 3 aromatic rings. The number of hydrogen-bond acceptors (Lipinski definition) is 7. The first kappa shape index (κ1) is 21.9. The normalized spacial score (nSPS) is 16.1. The predicted molar refractivity (Wildman–Crippen MR) is 122 cm³/mol. The van der Waals surface area contributed by atoms with Gasteiger partial charge in [-0.2, -0.15) is 5.26 Å². The summed E-state index contributed by atoms with van der Waals surface area (Å²) in [4.78, 5) is 9.51. The van der Waals surface area contributed by atoms with Crippen molar-refractivity contribution in [2.75, 3.05) is 10.2 Å². The summed E-state index contributed by atoms with van der Waals surface area (Å²) < 4.78 is 14.0. The van der Waals surface area contributed by atoms with Gasteiger partial charge in [-0.05, 0) is 59.8 Å². The van der Waals surface area contributed by atoms with E-state index in [1.165, 1.54) is 23.4 Å². The maximum absolute atomic E-state index is 14.0. The molecule has 4 heterocycles. The van der Waals surface area contributed by atoms with Gasteiger partial charge in [0, 0.05) is 11.9 Å². The molecule has 1 aliphatic heterocycles. The quantitative estimate of drug-likeness (QED) is 0.643. The lowest BCUT2D eigenvalue weighted by Gasteiger charge is -2.56. The fourth-order valence-corrected chi connectivity index (χ4v) is 3.78. The van der Waals surface area contributed by atoms with Gasteiger partial charge in [0.2, 0.25) is 0 Å². The second kappa shape index (κ2) is 7.66. The first-order valence-corrected chi connectivity index (χ1v) is 9.62. The number of pyridine rings is 2. The lowest BCUT2D eigenvalue weighted by Crippen LogP contribution is -2.66. The molecule has 0 aromatic carbocycles. The number of aromatic nitrogens is 4. The van der Waals surface area contributed by atoms with Gasteiger partial charge in [0.15, 0.2) is 17.3 Å². The van der Waals surface area contributed by atoms with E-state index in [2.05, 4.69) is 25.5 Å². The van der Waals surface area contributed by atoms with Gasteiger partial charge >= 0.3 is 0 Å². The number of nitrogens with one attached hydrogen (secondary N) is 1. The van der Waals surface area contributed by atoms with Crippen LogP contribution >= 0.6 is 0 Å². The SMILES string of the molecule is [B]C1([B])Cc2ncc(Nc3ccncc3F)cc2C([B])([B])N1c1nnc(C#N)c(C)c1C. The Kier molecular flexibility index (Phi) is 5.24. The molecule has 0 unspecified atom stereocenters. The molecule has 0 atom stereocenters. The van der Waals surface area contributed by atoms with Crippen LogP contribution in [0.1, 0.15) is 28.1 Å². The second-order valence-corrected chi connectivity index (χ2v) is 7.76. The summed E-state index contributed by atoms with van der Waals surface area (Å²) >= 11 is 0. The standard InChI is InChI=1S/C20H14B4FN7/c1-10-11(2)18(31-30-17(10)7-26)32-19(21,22)6-16-13(20(32,23)24)5-12(8-28-16)29-15-3-4-27-9-14(15)25/h3-5,8-9H,6H2,1-2H3,(H,27,29). The van der Waals surface area contributed by atoms with Crippen LogP contribution in [0.3, 0.4) is 0 Å². The van der Waals surface area contributed by atoms with Crippen LogP contribution in [0.5, 0.6) is 0 Å². The minimum atomic E-state index is -1.74. The van der Waals surface area contributed by atoms with E-state index in [4.69, 9.17) is 31.4 Å². The first-order valence-electron chi connectivity index (χ1n) is 9.62. The third kappa shape index (κ3) is 3.52. The zero-order chi connectivity index (χ0) is 23.3. The van der Waals surface area contributed by atoms with E-state index in [9.17, 15) is 9.65 Å². The summed E-state index contributed by atoms with van der Waals surface area (Å²) in [5, 5.41) is 17.0. The third-order valence-electron chi connectivity index (χ3n) is 5.51. The molecule has 1 N–H and O–H groups in total. The highest BCUT2D eigenvalue weighted by atomic mass is 19.1. The number of anilines is 3. The molecule has 3 aromatic heterocycles. The van der Waals surface area contributed by atoms with Crippen molar-refractivity contribution in [1.82, 2.24) is 20.2 Å². The molecule has 148 valence electrons. The Labute approximate surface area is 190 Å². The van der Waals surface area contributed by atoms with Crippen molar-refractivity contribution >= 4 is 48.6 Å². The maximum Gasteiger partial charge on any atom is 0.166 e. The minimum Gasteiger partial charge on any atom is -0.374 e. The average Bonchev–Trinajstić information content (AvgIpc) is 2.73. The Morgan fingerprint density at radius 2 is 1.91 bits per heavy atom. The van der Waals surface area contributed by atoms with Gasteiger partial charge in [0.25, 0.3) is 0 Å².